The summed E-state index contributed by atoms with van der Waals surface area (Å²) in [5, 5.41) is 0. The van der Waals surface area contributed by atoms with Gasteiger partial charge in [0.05, 0.1) is 35.4 Å². The highest BCUT2D eigenvalue weighted by Crippen LogP contribution is 2.37. The van der Waals surface area contributed by atoms with Crippen molar-refractivity contribution in [1.29, 1.82) is 0 Å². The van der Waals surface area contributed by atoms with Crippen LogP contribution in [-0.2, 0) is 22.0 Å². The highest BCUT2D eigenvalue weighted by molar-refractivity contribution is 7.92. The van der Waals surface area contributed by atoms with Crippen LogP contribution in [0.4, 0.5) is 5.69 Å². The summed E-state index contributed by atoms with van der Waals surface area (Å²) in [6.45, 7) is 6.11. The van der Waals surface area contributed by atoms with Crippen LogP contribution in [0.2, 0.25) is 0 Å². The SMILES string of the molecule is COc1ccc(NS(=O)(=O)c2ccc(C(C)(C)C)cc2)c2c1C(=O)N(Cc1cccnc1)C2=O. The molecule has 0 bridgehead atoms. The molecular formula is C25H25N3O5S. The summed E-state index contributed by atoms with van der Waals surface area (Å²) in [7, 11) is -2.63. The molecule has 4 rings (SSSR count). The maximum atomic E-state index is 13.3. The highest BCUT2D eigenvalue weighted by Gasteiger charge is 2.41. The summed E-state index contributed by atoms with van der Waals surface area (Å²) in [4.78, 5) is 31.5. The average molecular weight is 480 g/mol. The number of rotatable bonds is 6. The molecular weight excluding hydrogens is 454 g/mol. The number of nitrogens with one attached hydrogen (secondary N) is 1. The van der Waals surface area contributed by atoms with Crippen molar-refractivity contribution < 1.29 is 22.7 Å². The number of carbonyl (C=O) groups excluding carboxylic acids is 2. The van der Waals surface area contributed by atoms with Crippen LogP contribution in [-0.4, -0.2) is 37.2 Å². The van der Waals surface area contributed by atoms with Crippen molar-refractivity contribution in [2.24, 2.45) is 0 Å². The first-order valence-electron chi connectivity index (χ1n) is 10.6. The lowest BCUT2D eigenvalue weighted by Gasteiger charge is -2.19. The van der Waals surface area contributed by atoms with E-state index in [4.69, 9.17) is 4.74 Å². The molecule has 1 N–H and O–H groups in total. The fraction of sp³-hybridized carbons (Fsp3) is 0.240. The van der Waals surface area contributed by atoms with Crippen LogP contribution < -0.4 is 9.46 Å². The van der Waals surface area contributed by atoms with Crippen LogP contribution >= 0.6 is 0 Å². The van der Waals surface area contributed by atoms with Gasteiger partial charge < -0.3 is 4.74 Å². The molecule has 9 heteroatoms. The van der Waals surface area contributed by atoms with Gasteiger partial charge in [-0.15, -0.1) is 0 Å². The smallest absolute Gasteiger partial charge is 0.265 e. The van der Waals surface area contributed by atoms with E-state index < -0.39 is 21.8 Å². The van der Waals surface area contributed by atoms with Gasteiger partial charge in [-0.1, -0.05) is 39.0 Å². The second-order valence-corrected chi connectivity index (χ2v) is 10.7. The summed E-state index contributed by atoms with van der Waals surface area (Å²) in [6.07, 6.45) is 3.15. The van der Waals surface area contributed by atoms with Crippen molar-refractivity contribution in [1.82, 2.24) is 9.88 Å². The second-order valence-electron chi connectivity index (χ2n) is 9.00. The molecule has 3 aromatic rings. The molecule has 2 aromatic carbocycles. The number of ether oxygens (including phenoxy) is 1. The second kappa shape index (κ2) is 8.57. The maximum Gasteiger partial charge on any atom is 0.265 e. The Hall–Kier alpha value is -3.72. The summed E-state index contributed by atoms with van der Waals surface area (Å²) in [5.74, 6) is -0.973. The van der Waals surface area contributed by atoms with Gasteiger partial charge in [-0.2, -0.15) is 0 Å². The monoisotopic (exact) mass is 479 g/mol. The minimum atomic E-state index is -4.02. The first-order chi connectivity index (χ1) is 16.0. The van der Waals surface area contributed by atoms with Gasteiger partial charge in [0.2, 0.25) is 0 Å². The van der Waals surface area contributed by atoms with Gasteiger partial charge in [0, 0.05) is 12.4 Å². The number of hydrogen-bond acceptors (Lipinski definition) is 6. The number of imide groups is 1. The number of sulfonamides is 1. The number of aromatic nitrogens is 1. The lowest BCUT2D eigenvalue weighted by atomic mass is 9.87. The van der Waals surface area contributed by atoms with Crippen molar-refractivity contribution in [3.63, 3.8) is 0 Å². The number of methoxy groups -OCH3 is 1. The molecule has 1 aliphatic heterocycles. The topological polar surface area (TPSA) is 106 Å². The summed E-state index contributed by atoms with van der Waals surface area (Å²) in [5.41, 5.74) is 1.53. The third kappa shape index (κ3) is 4.26. The lowest BCUT2D eigenvalue weighted by Crippen LogP contribution is -2.29. The van der Waals surface area contributed by atoms with Gasteiger partial charge in [0.1, 0.15) is 5.75 Å². The van der Waals surface area contributed by atoms with E-state index in [9.17, 15) is 18.0 Å². The van der Waals surface area contributed by atoms with Gasteiger partial charge in [-0.25, -0.2) is 8.42 Å². The Balaban J connectivity index is 1.70. The molecule has 1 aliphatic rings. The average Bonchev–Trinajstić information content (AvgIpc) is 3.05. The predicted octanol–water partition coefficient (Wildman–Crippen LogP) is 3.98. The lowest BCUT2D eigenvalue weighted by molar-refractivity contribution is 0.0641. The Morgan fingerprint density at radius 3 is 2.24 bits per heavy atom. The van der Waals surface area contributed by atoms with Crippen LogP contribution in [0.25, 0.3) is 0 Å². The minimum absolute atomic E-state index is 0.00377. The summed E-state index contributed by atoms with van der Waals surface area (Å²) in [6, 6.07) is 12.9. The quantitative estimate of drug-likeness (QED) is 0.536. The summed E-state index contributed by atoms with van der Waals surface area (Å²) >= 11 is 0. The Bertz CT molecular complexity index is 1360. The molecule has 34 heavy (non-hydrogen) atoms. The zero-order valence-electron chi connectivity index (χ0n) is 19.3. The number of hydrogen-bond donors (Lipinski definition) is 1. The van der Waals surface area contributed by atoms with E-state index in [2.05, 4.69) is 9.71 Å². The van der Waals surface area contributed by atoms with Crippen LogP contribution in [0.15, 0.2) is 65.8 Å². The first kappa shape index (κ1) is 23.4. The van der Waals surface area contributed by atoms with Crippen molar-refractivity contribution in [2.75, 3.05) is 11.8 Å². The fourth-order valence-corrected chi connectivity index (χ4v) is 4.86. The largest absolute Gasteiger partial charge is 0.496 e. The molecule has 0 saturated carbocycles. The highest BCUT2D eigenvalue weighted by atomic mass is 32.2. The first-order valence-corrected chi connectivity index (χ1v) is 12.1. The molecule has 0 unspecified atom stereocenters. The number of fused-ring (bicyclic) bond motifs is 1. The van der Waals surface area contributed by atoms with Crippen molar-refractivity contribution in [3.8, 4) is 5.75 Å². The number of pyridine rings is 1. The Labute approximate surface area is 198 Å². The number of amides is 2. The van der Waals surface area contributed by atoms with E-state index in [0.29, 0.717) is 5.56 Å². The summed E-state index contributed by atoms with van der Waals surface area (Å²) < 4.78 is 34.0. The van der Waals surface area contributed by atoms with Gasteiger partial charge in [-0.05, 0) is 46.9 Å². The van der Waals surface area contributed by atoms with E-state index >= 15 is 0 Å². The number of nitrogens with zero attached hydrogens (tertiary/aromatic N) is 2. The van der Waals surface area contributed by atoms with E-state index in [-0.39, 0.29) is 39.4 Å². The Morgan fingerprint density at radius 1 is 0.971 bits per heavy atom. The van der Waals surface area contributed by atoms with Gasteiger partial charge in [0.25, 0.3) is 21.8 Å². The molecule has 0 radical (unpaired) electrons. The molecule has 176 valence electrons. The molecule has 2 heterocycles. The van der Waals surface area contributed by atoms with Crippen LogP contribution in [0, 0.1) is 0 Å². The molecule has 0 saturated heterocycles. The molecule has 0 aliphatic carbocycles. The van der Waals surface area contributed by atoms with E-state index in [1.165, 1.54) is 31.4 Å². The third-order valence-electron chi connectivity index (χ3n) is 5.64. The zero-order valence-corrected chi connectivity index (χ0v) is 20.1. The number of benzene rings is 2. The number of carbonyl (C=O) groups is 2. The van der Waals surface area contributed by atoms with Gasteiger partial charge in [0.15, 0.2) is 0 Å². The Kier molecular flexibility index (Phi) is 5.91. The van der Waals surface area contributed by atoms with Gasteiger partial charge >= 0.3 is 0 Å². The Morgan fingerprint density at radius 2 is 1.65 bits per heavy atom. The third-order valence-corrected chi connectivity index (χ3v) is 7.02. The van der Waals surface area contributed by atoms with Crippen molar-refractivity contribution in [2.45, 2.75) is 37.6 Å². The molecule has 0 spiro atoms. The van der Waals surface area contributed by atoms with Crippen molar-refractivity contribution in [3.05, 3.63) is 83.2 Å². The molecule has 8 nitrogen and oxygen atoms in total. The molecule has 0 atom stereocenters. The van der Waals surface area contributed by atoms with Crippen LogP contribution in [0.1, 0.15) is 52.6 Å². The van der Waals surface area contributed by atoms with E-state index in [1.54, 1.807) is 36.7 Å². The fourth-order valence-electron chi connectivity index (χ4n) is 3.79. The minimum Gasteiger partial charge on any atom is -0.496 e. The molecule has 1 aromatic heterocycles. The van der Waals surface area contributed by atoms with E-state index in [1.807, 2.05) is 20.8 Å². The van der Waals surface area contributed by atoms with Crippen molar-refractivity contribution >= 4 is 27.5 Å². The van der Waals surface area contributed by atoms with Crippen LogP contribution in [0.3, 0.4) is 0 Å². The predicted molar refractivity (Wildman–Crippen MR) is 127 cm³/mol. The maximum absolute atomic E-state index is 13.3. The van der Waals surface area contributed by atoms with E-state index in [0.717, 1.165) is 10.5 Å². The standard InChI is InChI=1S/C25H25N3O5S/c1-25(2,3)17-7-9-18(10-8-17)34(31,32)27-19-11-12-20(33-4)22-21(19)23(29)28(24(22)30)15-16-6-5-13-26-14-16/h5-14,27H,15H2,1-4H3. The normalized spacial score (nSPS) is 13.7. The van der Waals surface area contributed by atoms with Crippen LogP contribution in [0.5, 0.6) is 5.75 Å². The molecule has 2 amide bonds. The zero-order chi connectivity index (χ0) is 24.7. The molecule has 0 fully saturated rings. The van der Waals surface area contributed by atoms with Gasteiger partial charge in [-0.3, -0.25) is 24.2 Å². The number of anilines is 1.